The van der Waals surface area contributed by atoms with Crippen molar-refractivity contribution in [3.8, 4) is 0 Å². The van der Waals surface area contributed by atoms with E-state index in [1.165, 1.54) is 19.2 Å². The van der Waals surface area contributed by atoms with Gasteiger partial charge in [-0.15, -0.1) is 0 Å². The Hall–Kier alpha value is -2.73. The quantitative estimate of drug-likeness (QED) is 0.484. The third kappa shape index (κ3) is 4.68. The topological polar surface area (TPSA) is 82.0 Å². The lowest BCUT2D eigenvalue weighted by molar-refractivity contribution is -0.189. The highest BCUT2D eigenvalue weighted by Crippen LogP contribution is 2.47. The van der Waals surface area contributed by atoms with E-state index in [0.29, 0.717) is 0 Å². The van der Waals surface area contributed by atoms with Crippen LogP contribution in [-0.2, 0) is 25.8 Å². The van der Waals surface area contributed by atoms with Crippen molar-refractivity contribution in [2.24, 2.45) is 13.0 Å². The number of aliphatic hydroxyl groups is 1. The van der Waals surface area contributed by atoms with Crippen LogP contribution in [0.3, 0.4) is 0 Å². The number of aliphatic hydroxyl groups excluding tert-OH is 1. The number of halogens is 6. The van der Waals surface area contributed by atoms with Crippen LogP contribution in [0.15, 0.2) is 27.8 Å². The first-order chi connectivity index (χ1) is 16.9. The molecular weight excluding hydrogens is 511 g/mol. The minimum atomic E-state index is -4.46. The zero-order valence-corrected chi connectivity index (χ0v) is 20.0. The molecule has 36 heavy (non-hydrogen) atoms. The molecule has 0 amide bonds. The van der Waals surface area contributed by atoms with Gasteiger partial charge in [0.05, 0.1) is 12.5 Å². The zero-order chi connectivity index (χ0) is 26.4. The van der Waals surface area contributed by atoms with Crippen LogP contribution in [0.2, 0.25) is 5.02 Å². The fourth-order valence-corrected chi connectivity index (χ4v) is 4.90. The summed E-state index contributed by atoms with van der Waals surface area (Å²) in [6, 6.07) is 3.81. The zero-order valence-electron chi connectivity index (χ0n) is 19.3. The molecule has 0 bridgehead atoms. The van der Waals surface area contributed by atoms with Gasteiger partial charge in [0.15, 0.2) is 16.8 Å². The fraction of sp³-hybridized carbons (Fsp3) is 0.522. The molecule has 1 aromatic carbocycles. The van der Waals surface area contributed by atoms with Crippen molar-refractivity contribution in [1.29, 1.82) is 0 Å². The minimum Gasteiger partial charge on any atom is -0.396 e. The molecule has 2 aromatic heterocycles. The van der Waals surface area contributed by atoms with Gasteiger partial charge in [-0.3, -0.25) is 13.9 Å². The third-order valence-electron chi connectivity index (χ3n) is 6.76. The average molecular weight is 535 g/mol. The molecule has 0 atom stereocenters. The van der Waals surface area contributed by atoms with Gasteiger partial charge in [-0.1, -0.05) is 17.7 Å². The SMILES string of the molecule is Cn1c(=O)n(CCCO)c(=O)c2c1nc(C1(F)CCC(C(F)(F)F)CC1)n2Cc1ccc(Cl)cc1F. The standard InChI is InChI=1S/C23H24ClF5N4O3/c1-31-18-17(19(35)32(21(31)36)9-2-10-34)33(12-13-3-4-15(24)11-16(13)25)20(30-18)22(26)7-5-14(6-8-22)23(27,28)29/h3-4,11,14,34H,2,5-10,12H2,1H3. The number of fused-ring (bicyclic) bond motifs is 1. The summed E-state index contributed by atoms with van der Waals surface area (Å²) in [5, 5.41) is 9.28. The molecule has 1 N–H and O–H groups in total. The molecule has 0 radical (unpaired) electrons. The first kappa shape index (κ1) is 26.3. The number of imidazole rings is 1. The Morgan fingerprint density at radius 3 is 2.44 bits per heavy atom. The van der Waals surface area contributed by atoms with Crippen LogP contribution in [0.4, 0.5) is 22.0 Å². The van der Waals surface area contributed by atoms with Crippen molar-refractivity contribution >= 4 is 22.8 Å². The molecule has 2 heterocycles. The molecule has 1 fully saturated rings. The maximum absolute atomic E-state index is 16.3. The summed E-state index contributed by atoms with van der Waals surface area (Å²) >= 11 is 5.83. The van der Waals surface area contributed by atoms with E-state index in [1.54, 1.807) is 0 Å². The van der Waals surface area contributed by atoms with Gasteiger partial charge in [0.2, 0.25) is 0 Å². The second kappa shape index (κ2) is 9.62. The van der Waals surface area contributed by atoms with E-state index < -0.39 is 60.5 Å². The average Bonchev–Trinajstić information content (AvgIpc) is 3.19. The first-order valence-electron chi connectivity index (χ1n) is 11.4. The van der Waals surface area contributed by atoms with Crippen LogP contribution in [0, 0.1) is 11.7 Å². The highest BCUT2D eigenvalue weighted by molar-refractivity contribution is 6.30. The number of hydrogen-bond acceptors (Lipinski definition) is 4. The summed E-state index contributed by atoms with van der Waals surface area (Å²) in [5.74, 6) is -2.72. The smallest absolute Gasteiger partial charge is 0.391 e. The van der Waals surface area contributed by atoms with Gasteiger partial charge in [-0.2, -0.15) is 13.2 Å². The van der Waals surface area contributed by atoms with Crippen molar-refractivity contribution in [1.82, 2.24) is 18.7 Å². The van der Waals surface area contributed by atoms with Gasteiger partial charge in [-0.25, -0.2) is 18.6 Å². The summed E-state index contributed by atoms with van der Waals surface area (Å²) in [6.07, 6.45) is -6.32. The molecule has 1 saturated carbocycles. The fourth-order valence-electron chi connectivity index (χ4n) is 4.74. The summed E-state index contributed by atoms with van der Waals surface area (Å²) in [7, 11) is 1.33. The Morgan fingerprint density at radius 2 is 1.86 bits per heavy atom. The predicted molar refractivity (Wildman–Crippen MR) is 122 cm³/mol. The first-order valence-corrected chi connectivity index (χ1v) is 11.8. The monoisotopic (exact) mass is 534 g/mol. The molecule has 0 unspecified atom stereocenters. The number of hydrogen-bond donors (Lipinski definition) is 1. The number of rotatable bonds is 6. The van der Waals surface area contributed by atoms with E-state index in [0.717, 1.165) is 19.8 Å². The maximum Gasteiger partial charge on any atom is 0.391 e. The second-order valence-corrected chi connectivity index (χ2v) is 9.52. The van der Waals surface area contributed by atoms with Crippen molar-refractivity contribution in [2.45, 2.75) is 57.0 Å². The lowest BCUT2D eigenvalue weighted by Gasteiger charge is -2.34. The molecule has 1 aliphatic carbocycles. The molecule has 0 aliphatic heterocycles. The molecule has 4 rings (SSSR count). The third-order valence-corrected chi connectivity index (χ3v) is 6.99. The molecule has 1 aliphatic rings. The molecule has 3 aromatic rings. The maximum atomic E-state index is 16.3. The normalized spacial score (nSPS) is 20.8. The Bertz CT molecular complexity index is 1400. The second-order valence-electron chi connectivity index (χ2n) is 9.09. The van der Waals surface area contributed by atoms with Crippen molar-refractivity contribution in [3.05, 3.63) is 61.3 Å². The Labute approximate surface area is 206 Å². The largest absolute Gasteiger partial charge is 0.396 e. The number of aromatic nitrogens is 4. The van der Waals surface area contributed by atoms with E-state index in [1.807, 2.05) is 0 Å². The number of nitrogens with zero attached hydrogens (tertiary/aromatic N) is 4. The Kier molecular flexibility index (Phi) is 7.04. The highest BCUT2D eigenvalue weighted by atomic mass is 35.5. The lowest BCUT2D eigenvalue weighted by atomic mass is 9.79. The summed E-state index contributed by atoms with van der Waals surface area (Å²) in [6.45, 7) is -0.777. The number of aryl methyl sites for hydroxylation is 1. The van der Waals surface area contributed by atoms with Crippen LogP contribution in [-0.4, -0.2) is 36.6 Å². The van der Waals surface area contributed by atoms with Gasteiger partial charge in [0, 0.05) is 30.8 Å². The van der Waals surface area contributed by atoms with E-state index in [-0.39, 0.29) is 53.7 Å². The van der Waals surface area contributed by atoms with Crippen molar-refractivity contribution in [3.63, 3.8) is 0 Å². The molecule has 13 heteroatoms. The Balaban J connectivity index is 1.93. The predicted octanol–water partition coefficient (Wildman–Crippen LogP) is 4.04. The Morgan fingerprint density at radius 1 is 1.19 bits per heavy atom. The van der Waals surface area contributed by atoms with Crippen LogP contribution < -0.4 is 11.2 Å². The highest BCUT2D eigenvalue weighted by Gasteiger charge is 2.49. The summed E-state index contributed by atoms with van der Waals surface area (Å²) < 4.78 is 73.7. The minimum absolute atomic E-state index is 0.0442. The van der Waals surface area contributed by atoms with Crippen LogP contribution in [0.5, 0.6) is 0 Å². The van der Waals surface area contributed by atoms with E-state index in [4.69, 9.17) is 16.7 Å². The van der Waals surface area contributed by atoms with Gasteiger partial charge in [-0.05, 0) is 44.2 Å². The lowest BCUT2D eigenvalue weighted by Crippen LogP contribution is -2.40. The van der Waals surface area contributed by atoms with Gasteiger partial charge < -0.3 is 9.67 Å². The van der Waals surface area contributed by atoms with E-state index in [2.05, 4.69) is 4.98 Å². The van der Waals surface area contributed by atoms with Crippen LogP contribution in [0.1, 0.15) is 43.5 Å². The summed E-state index contributed by atoms with van der Waals surface area (Å²) in [4.78, 5) is 30.4. The molecule has 0 saturated heterocycles. The number of alkyl halides is 4. The summed E-state index contributed by atoms with van der Waals surface area (Å²) in [5.41, 5.74) is -4.20. The van der Waals surface area contributed by atoms with Crippen molar-refractivity contribution < 1.29 is 27.1 Å². The molecular formula is C23H24ClF5N4O3. The molecule has 196 valence electrons. The van der Waals surface area contributed by atoms with Crippen LogP contribution >= 0.6 is 11.6 Å². The van der Waals surface area contributed by atoms with E-state index >= 15 is 4.39 Å². The molecule has 7 nitrogen and oxygen atoms in total. The molecule has 0 spiro atoms. The van der Waals surface area contributed by atoms with Crippen LogP contribution in [0.25, 0.3) is 11.2 Å². The van der Waals surface area contributed by atoms with Crippen molar-refractivity contribution in [2.75, 3.05) is 6.61 Å². The van der Waals surface area contributed by atoms with Gasteiger partial charge >= 0.3 is 11.9 Å². The number of benzene rings is 1. The van der Waals surface area contributed by atoms with Gasteiger partial charge in [0.1, 0.15) is 11.6 Å². The van der Waals surface area contributed by atoms with E-state index in [9.17, 15) is 27.2 Å². The van der Waals surface area contributed by atoms with Gasteiger partial charge in [0.25, 0.3) is 5.56 Å².